The molecule has 1 aliphatic heterocycles. The van der Waals surface area contributed by atoms with Crippen LogP contribution in [0, 0.1) is 5.82 Å². The molecule has 3 aromatic rings. The fourth-order valence-electron chi connectivity index (χ4n) is 3.41. The molecular formula is C20H20FN5O2. The van der Waals surface area contributed by atoms with Crippen molar-refractivity contribution in [3.05, 3.63) is 82.0 Å². The van der Waals surface area contributed by atoms with Crippen molar-refractivity contribution in [2.45, 2.75) is 38.4 Å². The number of hydrogen-bond donors (Lipinski definition) is 1. The van der Waals surface area contributed by atoms with Gasteiger partial charge in [-0.15, -0.1) is 0 Å². The molecule has 28 heavy (non-hydrogen) atoms. The summed E-state index contributed by atoms with van der Waals surface area (Å²) in [5, 5.41) is 7.48. The largest absolute Gasteiger partial charge is 0.349 e. The number of rotatable bonds is 4. The highest BCUT2D eigenvalue weighted by Gasteiger charge is 2.22. The van der Waals surface area contributed by atoms with Gasteiger partial charge in [-0.3, -0.25) is 14.3 Å². The number of carbonyl (C=O) groups excluding carboxylic acids is 1. The highest BCUT2D eigenvalue weighted by atomic mass is 19.1. The number of amides is 1. The van der Waals surface area contributed by atoms with Crippen LogP contribution in [-0.2, 0) is 19.5 Å². The predicted molar refractivity (Wildman–Crippen MR) is 100 cm³/mol. The molecule has 0 saturated heterocycles. The molecule has 1 unspecified atom stereocenters. The number of nitrogens with zero attached hydrogens (tertiary/aromatic N) is 4. The van der Waals surface area contributed by atoms with E-state index in [0.29, 0.717) is 43.7 Å². The summed E-state index contributed by atoms with van der Waals surface area (Å²) in [5.41, 5.74) is 1.21. The first kappa shape index (κ1) is 18.1. The molecule has 2 aromatic heterocycles. The van der Waals surface area contributed by atoms with Gasteiger partial charge < -0.3 is 5.32 Å². The number of fused-ring (bicyclic) bond motifs is 1. The van der Waals surface area contributed by atoms with E-state index in [1.54, 1.807) is 41.2 Å². The SMILES string of the molecule is O=C(NC1CCc2nn(Cc3ccc(F)cc3)c(=O)n2CC1)c1ccncc1. The molecule has 1 atom stereocenters. The van der Waals surface area contributed by atoms with Crippen LogP contribution in [0.4, 0.5) is 4.39 Å². The summed E-state index contributed by atoms with van der Waals surface area (Å²) in [7, 11) is 0. The van der Waals surface area contributed by atoms with Gasteiger partial charge in [-0.25, -0.2) is 13.9 Å². The van der Waals surface area contributed by atoms with Crippen molar-refractivity contribution in [1.29, 1.82) is 0 Å². The Kier molecular flexibility index (Phi) is 5.01. The van der Waals surface area contributed by atoms with Crippen LogP contribution < -0.4 is 11.0 Å². The molecule has 8 heteroatoms. The molecule has 0 fully saturated rings. The number of halogens is 1. The number of benzene rings is 1. The second-order valence-electron chi connectivity index (χ2n) is 6.87. The third-order valence-electron chi connectivity index (χ3n) is 4.94. The van der Waals surface area contributed by atoms with Crippen LogP contribution in [0.25, 0.3) is 0 Å². The molecule has 0 spiro atoms. The maximum atomic E-state index is 13.0. The van der Waals surface area contributed by atoms with Crippen LogP contribution in [0.1, 0.15) is 34.6 Å². The van der Waals surface area contributed by atoms with Crippen LogP contribution in [0.3, 0.4) is 0 Å². The Hall–Kier alpha value is -3.29. The minimum Gasteiger partial charge on any atom is -0.349 e. The topological polar surface area (TPSA) is 81.8 Å². The van der Waals surface area contributed by atoms with Gasteiger partial charge in [-0.1, -0.05) is 12.1 Å². The highest BCUT2D eigenvalue weighted by Crippen LogP contribution is 2.13. The molecule has 0 radical (unpaired) electrons. The summed E-state index contributed by atoms with van der Waals surface area (Å²) in [6.07, 6.45) is 5.14. The normalized spacial score (nSPS) is 16.2. The number of aryl methyl sites for hydroxylation is 1. The number of aromatic nitrogens is 4. The van der Waals surface area contributed by atoms with Gasteiger partial charge >= 0.3 is 5.69 Å². The molecule has 0 bridgehead atoms. The quantitative estimate of drug-likeness (QED) is 0.747. The van der Waals surface area contributed by atoms with Crippen molar-refractivity contribution in [2.24, 2.45) is 0 Å². The number of hydrogen-bond acceptors (Lipinski definition) is 4. The lowest BCUT2D eigenvalue weighted by atomic mass is 10.1. The molecule has 1 aliphatic rings. The maximum Gasteiger partial charge on any atom is 0.346 e. The Bertz CT molecular complexity index is 1030. The lowest BCUT2D eigenvalue weighted by molar-refractivity contribution is 0.0932. The third-order valence-corrected chi connectivity index (χ3v) is 4.94. The summed E-state index contributed by atoms with van der Waals surface area (Å²) in [5.74, 6) is 0.269. The van der Waals surface area contributed by atoms with E-state index in [9.17, 15) is 14.0 Å². The van der Waals surface area contributed by atoms with E-state index in [2.05, 4.69) is 15.4 Å². The summed E-state index contributed by atoms with van der Waals surface area (Å²) in [4.78, 5) is 28.9. The van der Waals surface area contributed by atoms with Crippen LogP contribution in [0.2, 0.25) is 0 Å². The van der Waals surface area contributed by atoms with E-state index in [1.807, 2.05) is 0 Å². The van der Waals surface area contributed by atoms with Gasteiger partial charge in [-0.2, -0.15) is 5.10 Å². The minimum absolute atomic E-state index is 0.0210. The second kappa shape index (κ2) is 7.75. The molecule has 1 aromatic carbocycles. The zero-order chi connectivity index (χ0) is 19.5. The van der Waals surface area contributed by atoms with E-state index in [1.165, 1.54) is 16.8 Å². The summed E-state index contributed by atoms with van der Waals surface area (Å²) in [6.45, 7) is 0.806. The van der Waals surface area contributed by atoms with Crippen molar-refractivity contribution in [3.8, 4) is 0 Å². The van der Waals surface area contributed by atoms with Gasteiger partial charge in [0.25, 0.3) is 5.91 Å². The van der Waals surface area contributed by atoms with Crippen LogP contribution >= 0.6 is 0 Å². The van der Waals surface area contributed by atoms with Crippen LogP contribution in [-0.4, -0.2) is 31.3 Å². The zero-order valence-electron chi connectivity index (χ0n) is 15.2. The van der Waals surface area contributed by atoms with Gasteiger partial charge in [0.05, 0.1) is 6.54 Å². The molecule has 1 N–H and O–H groups in total. The zero-order valence-corrected chi connectivity index (χ0v) is 15.2. The molecule has 4 rings (SSSR count). The Morgan fingerprint density at radius 3 is 2.64 bits per heavy atom. The third kappa shape index (κ3) is 3.85. The van der Waals surface area contributed by atoms with Crippen molar-refractivity contribution in [3.63, 3.8) is 0 Å². The predicted octanol–water partition coefficient (Wildman–Crippen LogP) is 1.76. The van der Waals surface area contributed by atoms with Gasteiger partial charge in [0.2, 0.25) is 0 Å². The monoisotopic (exact) mass is 381 g/mol. The lowest BCUT2D eigenvalue weighted by Crippen LogP contribution is -2.35. The second-order valence-corrected chi connectivity index (χ2v) is 6.87. The molecular weight excluding hydrogens is 361 g/mol. The van der Waals surface area contributed by atoms with Crippen molar-refractivity contribution < 1.29 is 9.18 Å². The van der Waals surface area contributed by atoms with Crippen LogP contribution in [0.5, 0.6) is 0 Å². The first-order chi connectivity index (χ1) is 13.6. The first-order valence-electron chi connectivity index (χ1n) is 9.22. The van der Waals surface area contributed by atoms with Gasteiger partial charge in [0.15, 0.2) is 0 Å². The number of nitrogens with one attached hydrogen (secondary N) is 1. The summed E-state index contributed by atoms with van der Waals surface area (Å²) in [6, 6.07) is 9.37. The van der Waals surface area contributed by atoms with Crippen LogP contribution in [0.15, 0.2) is 53.6 Å². The Labute approximate surface area is 160 Å². The average Bonchev–Trinajstić information content (AvgIpc) is 2.87. The fraction of sp³-hybridized carbons (Fsp3) is 0.300. The lowest BCUT2D eigenvalue weighted by Gasteiger charge is -2.16. The number of carbonyl (C=O) groups is 1. The summed E-state index contributed by atoms with van der Waals surface area (Å²) < 4.78 is 16.1. The Morgan fingerprint density at radius 2 is 1.89 bits per heavy atom. The maximum absolute atomic E-state index is 13.0. The fourth-order valence-corrected chi connectivity index (χ4v) is 3.41. The highest BCUT2D eigenvalue weighted by molar-refractivity contribution is 5.94. The van der Waals surface area contributed by atoms with Crippen molar-refractivity contribution in [2.75, 3.05) is 0 Å². The molecule has 7 nitrogen and oxygen atoms in total. The van der Waals surface area contributed by atoms with E-state index in [-0.39, 0.29) is 23.5 Å². The average molecular weight is 381 g/mol. The minimum atomic E-state index is -0.309. The Balaban J connectivity index is 1.43. The standard InChI is InChI=1S/C20H20FN5O2/c21-16-3-1-14(2-4-16)13-26-20(28)25-12-9-17(5-6-18(25)24-26)23-19(27)15-7-10-22-11-8-15/h1-4,7-8,10-11,17H,5-6,9,12-13H2,(H,23,27). The van der Waals surface area contributed by atoms with E-state index < -0.39 is 0 Å². The van der Waals surface area contributed by atoms with E-state index >= 15 is 0 Å². The molecule has 1 amide bonds. The molecule has 3 heterocycles. The van der Waals surface area contributed by atoms with Gasteiger partial charge in [-0.05, 0) is 42.7 Å². The molecule has 0 saturated carbocycles. The van der Waals surface area contributed by atoms with E-state index in [0.717, 1.165) is 5.56 Å². The number of pyridine rings is 1. The smallest absolute Gasteiger partial charge is 0.346 e. The van der Waals surface area contributed by atoms with E-state index in [4.69, 9.17) is 0 Å². The van der Waals surface area contributed by atoms with Crippen molar-refractivity contribution >= 4 is 5.91 Å². The Morgan fingerprint density at radius 1 is 1.14 bits per heavy atom. The summed E-state index contributed by atoms with van der Waals surface area (Å²) >= 11 is 0. The molecule has 0 aliphatic carbocycles. The van der Waals surface area contributed by atoms with Gasteiger partial charge in [0.1, 0.15) is 11.6 Å². The van der Waals surface area contributed by atoms with Crippen molar-refractivity contribution in [1.82, 2.24) is 24.6 Å². The first-order valence-corrected chi connectivity index (χ1v) is 9.22. The molecule has 144 valence electrons. The van der Waals surface area contributed by atoms with Gasteiger partial charge in [0, 0.05) is 37.0 Å².